The molecule has 3 aromatic rings. The lowest BCUT2D eigenvalue weighted by Gasteiger charge is -2.16. The van der Waals surface area contributed by atoms with E-state index in [4.69, 9.17) is 0 Å². The van der Waals surface area contributed by atoms with Gasteiger partial charge in [0.15, 0.2) is 11.3 Å². The number of hydrogen-bond donors (Lipinski definition) is 1. The number of nitrogens with zero attached hydrogens (tertiary/aromatic N) is 5. The van der Waals surface area contributed by atoms with Crippen LogP contribution in [0.3, 0.4) is 0 Å². The first-order valence-corrected chi connectivity index (χ1v) is 8.08. The Bertz CT molecular complexity index is 923. The van der Waals surface area contributed by atoms with Crippen molar-refractivity contribution in [3.63, 3.8) is 0 Å². The third-order valence-electron chi connectivity index (χ3n) is 4.20. The SMILES string of the molecule is Cc1ccc(NC(=O)c2cnc3ccc(N4CCC(F)C4)nn23)cn1. The van der Waals surface area contributed by atoms with Crippen molar-refractivity contribution in [1.82, 2.24) is 19.6 Å². The molecule has 0 aliphatic carbocycles. The van der Waals surface area contributed by atoms with E-state index in [1.54, 1.807) is 24.4 Å². The van der Waals surface area contributed by atoms with Crippen LogP contribution in [0.2, 0.25) is 0 Å². The maximum absolute atomic E-state index is 13.4. The Morgan fingerprint density at radius 2 is 2.12 bits per heavy atom. The molecule has 0 spiro atoms. The number of carbonyl (C=O) groups is 1. The van der Waals surface area contributed by atoms with Gasteiger partial charge in [-0.3, -0.25) is 9.78 Å². The average molecular weight is 340 g/mol. The van der Waals surface area contributed by atoms with Crippen LogP contribution in [-0.4, -0.2) is 44.8 Å². The first-order chi connectivity index (χ1) is 12.1. The van der Waals surface area contributed by atoms with Gasteiger partial charge in [-0.2, -0.15) is 0 Å². The highest BCUT2D eigenvalue weighted by atomic mass is 19.1. The van der Waals surface area contributed by atoms with Crippen LogP contribution in [-0.2, 0) is 0 Å². The Labute approximate surface area is 143 Å². The van der Waals surface area contributed by atoms with Crippen LogP contribution in [0.4, 0.5) is 15.9 Å². The Balaban J connectivity index is 1.62. The number of imidazole rings is 1. The quantitative estimate of drug-likeness (QED) is 0.791. The summed E-state index contributed by atoms with van der Waals surface area (Å²) in [5.74, 6) is 0.310. The van der Waals surface area contributed by atoms with Crippen molar-refractivity contribution in [3.8, 4) is 0 Å². The summed E-state index contributed by atoms with van der Waals surface area (Å²) < 4.78 is 14.9. The zero-order valence-corrected chi connectivity index (χ0v) is 13.7. The predicted molar refractivity (Wildman–Crippen MR) is 91.6 cm³/mol. The first kappa shape index (κ1) is 15.5. The number of hydrogen-bond acceptors (Lipinski definition) is 5. The molecule has 1 amide bonds. The summed E-state index contributed by atoms with van der Waals surface area (Å²) in [5, 5.41) is 7.25. The van der Waals surface area contributed by atoms with Gasteiger partial charge in [-0.05, 0) is 37.6 Å². The van der Waals surface area contributed by atoms with Crippen LogP contribution in [0.1, 0.15) is 22.6 Å². The monoisotopic (exact) mass is 340 g/mol. The molecule has 1 unspecified atom stereocenters. The van der Waals surface area contributed by atoms with E-state index in [9.17, 15) is 9.18 Å². The number of nitrogens with one attached hydrogen (secondary N) is 1. The molecule has 0 radical (unpaired) electrons. The van der Waals surface area contributed by atoms with E-state index >= 15 is 0 Å². The summed E-state index contributed by atoms with van der Waals surface area (Å²) >= 11 is 0. The van der Waals surface area contributed by atoms with E-state index in [1.165, 1.54) is 10.7 Å². The molecule has 0 bridgehead atoms. The number of halogens is 1. The average Bonchev–Trinajstić information content (AvgIpc) is 3.22. The largest absolute Gasteiger partial charge is 0.352 e. The standard InChI is InChI=1S/C17H17FN6O/c1-11-2-3-13(8-19-11)21-17(25)14-9-20-15-4-5-16(22-24(14)15)23-7-6-12(18)10-23/h2-5,8-9,12H,6-7,10H2,1H3,(H,21,25). The zero-order valence-electron chi connectivity index (χ0n) is 13.7. The molecule has 1 saturated heterocycles. The van der Waals surface area contributed by atoms with Gasteiger partial charge in [0.1, 0.15) is 12.0 Å². The molecule has 1 fully saturated rings. The van der Waals surface area contributed by atoms with Crippen molar-refractivity contribution in [2.45, 2.75) is 19.5 Å². The van der Waals surface area contributed by atoms with Crippen molar-refractivity contribution < 1.29 is 9.18 Å². The Hall–Kier alpha value is -3.03. The minimum atomic E-state index is -0.836. The van der Waals surface area contributed by atoms with Crippen molar-refractivity contribution >= 4 is 23.1 Å². The van der Waals surface area contributed by atoms with E-state index in [-0.39, 0.29) is 5.91 Å². The summed E-state index contributed by atoms with van der Waals surface area (Å²) in [6.45, 7) is 2.82. The maximum Gasteiger partial charge on any atom is 0.276 e. The van der Waals surface area contributed by atoms with Gasteiger partial charge in [0.25, 0.3) is 5.91 Å². The summed E-state index contributed by atoms with van der Waals surface area (Å²) in [6.07, 6.45) is 2.74. The fourth-order valence-corrected chi connectivity index (χ4v) is 2.85. The molecule has 4 rings (SSSR count). The number of anilines is 2. The van der Waals surface area contributed by atoms with Gasteiger partial charge in [-0.1, -0.05) is 0 Å². The van der Waals surface area contributed by atoms with Crippen LogP contribution in [0.15, 0.2) is 36.7 Å². The molecular weight excluding hydrogens is 323 g/mol. The topological polar surface area (TPSA) is 75.4 Å². The molecule has 1 aliphatic heterocycles. The van der Waals surface area contributed by atoms with Gasteiger partial charge in [-0.15, -0.1) is 5.10 Å². The summed E-state index contributed by atoms with van der Waals surface area (Å²) in [6, 6.07) is 7.18. The molecule has 7 nitrogen and oxygen atoms in total. The zero-order chi connectivity index (χ0) is 17.4. The fraction of sp³-hybridized carbons (Fsp3) is 0.294. The fourth-order valence-electron chi connectivity index (χ4n) is 2.85. The second-order valence-electron chi connectivity index (χ2n) is 6.08. The second kappa shape index (κ2) is 6.12. The van der Waals surface area contributed by atoms with E-state index in [1.807, 2.05) is 17.9 Å². The van der Waals surface area contributed by atoms with Crippen molar-refractivity contribution in [2.75, 3.05) is 23.3 Å². The molecule has 1 aliphatic rings. The molecular formula is C17H17FN6O. The maximum atomic E-state index is 13.4. The molecule has 25 heavy (non-hydrogen) atoms. The molecule has 1 atom stereocenters. The normalized spacial score (nSPS) is 17.2. The van der Waals surface area contributed by atoms with Gasteiger partial charge >= 0.3 is 0 Å². The minimum absolute atomic E-state index is 0.313. The van der Waals surface area contributed by atoms with E-state index in [0.717, 1.165) is 5.69 Å². The van der Waals surface area contributed by atoms with Crippen molar-refractivity contribution in [1.29, 1.82) is 0 Å². The second-order valence-corrected chi connectivity index (χ2v) is 6.08. The summed E-state index contributed by atoms with van der Waals surface area (Å²) in [5.41, 5.74) is 2.35. The number of fused-ring (bicyclic) bond motifs is 1. The van der Waals surface area contributed by atoms with E-state index in [0.29, 0.717) is 42.4 Å². The van der Waals surface area contributed by atoms with Gasteiger partial charge in [-0.25, -0.2) is 13.9 Å². The van der Waals surface area contributed by atoms with E-state index < -0.39 is 6.17 Å². The number of alkyl halides is 1. The third kappa shape index (κ3) is 3.02. The van der Waals surface area contributed by atoms with Gasteiger partial charge in [0, 0.05) is 12.2 Å². The Kier molecular flexibility index (Phi) is 3.79. The minimum Gasteiger partial charge on any atom is -0.352 e. The molecule has 128 valence electrons. The number of aryl methyl sites for hydroxylation is 1. The van der Waals surface area contributed by atoms with Crippen LogP contribution in [0.5, 0.6) is 0 Å². The molecule has 3 aromatic heterocycles. The summed E-state index contributed by atoms with van der Waals surface area (Å²) in [4.78, 5) is 22.8. The molecule has 1 N–H and O–H groups in total. The Morgan fingerprint density at radius 3 is 2.84 bits per heavy atom. The number of pyridine rings is 1. The lowest BCUT2D eigenvalue weighted by atomic mass is 10.3. The van der Waals surface area contributed by atoms with Crippen LogP contribution in [0.25, 0.3) is 5.65 Å². The molecule has 4 heterocycles. The van der Waals surface area contributed by atoms with Crippen LogP contribution >= 0.6 is 0 Å². The van der Waals surface area contributed by atoms with Gasteiger partial charge < -0.3 is 10.2 Å². The smallest absolute Gasteiger partial charge is 0.276 e. The van der Waals surface area contributed by atoms with E-state index in [2.05, 4.69) is 20.4 Å². The number of amides is 1. The summed E-state index contributed by atoms with van der Waals surface area (Å²) in [7, 11) is 0. The highest BCUT2D eigenvalue weighted by Crippen LogP contribution is 2.20. The van der Waals surface area contributed by atoms with Gasteiger partial charge in [0.2, 0.25) is 0 Å². The highest BCUT2D eigenvalue weighted by Gasteiger charge is 2.24. The lowest BCUT2D eigenvalue weighted by Crippen LogP contribution is -2.22. The highest BCUT2D eigenvalue weighted by molar-refractivity contribution is 6.03. The predicted octanol–water partition coefficient (Wildman–Crippen LogP) is 2.23. The number of aromatic nitrogens is 4. The molecule has 0 aromatic carbocycles. The Morgan fingerprint density at radius 1 is 1.24 bits per heavy atom. The molecule has 8 heteroatoms. The molecule has 0 saturated carbocycles. The van der Waals surface area contributed by atoms with Gasteiger partial charge in [0.05, 0.1) is 24.6 Å². The first-order valence-electron chi connectivity index (χ1n) is 8.08. The van der Waals surface area contributed by atoms with Crippen LogP contribution in [0, 0.1) is 6.92 Å². The number of rotatable bonds is 3. The van der Waals surface area contributed by atoms with Crippen molar-refractivity contribution in [3.05, 3.63) is 48.0 Å². The lowest BCUT2D eigenvalue weighted by molar-refractivity contribution is 0.102. The third-order valence-corrected chi connectivity index (χ3v) is 4.20. The van der Waals surface area contributed by atoms with Crippen LogP contribution < -0.4 is 10.2 Å². The number of carbonyl (C=O) groups excluding carboxylic acids is 1. The van der Waals surface area contributed by atoms with Crippen molar-refractivity contribution in [2.24, 2.45) is 0 Å².